The van der Waals surface area contributed by atoms with Crippen molar-refractivity contribution in [3.8, 4) is 0 Å². The largest absolute Gasteiger partial charge is 0.352 e. The molecule has 0 aliphatic rings. The normalized spacial score (nSPS) is 12.2. The van der Waals surface area contributed by atoms with Crippen LogP contribution in [-0.2, 0) is 9.47 Å². The van der Waals surface area contributed by atoms with Crippen LogP contribution in [0.3, 0.4) is 0 Å². The Balaban J connectivity index is 2.81. The van der Waals surface area contributed by atoms with Gasteiger partial charge in [-0.25, -0.2) is 0 Å². The highest BCUT2D eigenvalue weighted by Gasteiger charge is 2.06. The number of methoxy groups -OCH3 is 2. The van der Waals surface area contributed by atoms with Crippen molar-refractivity contribution >= 4 is 6.08 Å². The molecular weight excluding hydrogens is 188 g/mol. The first kappa shape index (κ1) is 12.0. The highest BCUT2D eigenvalue weighted by molar-refractivity contribution is 5.53. The van der Waals surface area contributed by atoms with Gasteiger partial charge in [0.1, 0.15) is 0 Å². The predicted molar refractivity (Wildman–Crippen MR) is 62.6 cm³/mol. The van der Waals surface area contributed by atoms with E-state index in [1.807, 2.05) is 6.92 Å². The summed E-state index contributed by atoms with van der Waals surface area (Å²) in [6.07, 6.45) is 1.81. The Hall–Kier alpha value is -1.12. The molecule has 0 heterocycles. The van der Waals surface area contributed by atoms with Crippen LogP contribution in [0.25, 0.3) is 6.08 Å². The van der Waals surface area contributed by atoms with Gasteiger partial charge in [0.05, 0.1) is 0 Å². The Bertz CT molecular complexity index is 321. The summed E-state index contributed by atoms with van der Waals surface area (Å²) in [4.78, 5) is 0. The minimum absolute atomic E-state index is 0.258. The Labute approximate surface area is 91.5 Å². The molecule has 0 fully saturated rings. The number of hydrogen-bond donors (Lipinski definition) is 0. The summed E-state index contributed by atoms with van der Waals surface area (Å²) >= 11 is 0. The molecule has 2 heteroatoms. The third-order valence-electron chi connectivity index (χ3n) is 2.27. The lowest BCUT2D eigenvalue weighted by atomic mass is 10.1. The van der Waals surface area contributed by atoms with E-state index < -0.39 is 0 Å². The van der Waals surface area contributed by atoms with Crippen molar-refractivity contribution in [1.29, 1.82) is 0 Å². The summed E-state index contributed by atoms with van der Waals surface area (Å²) in [5, 5.41) is 0. The number of aryl methyl sites for hydroxylation is 1. The first-order chi connectivity index (χ1) is 7.17. The van der Waals surface area contributed by atoms with Crippen LogP contribution in [-0.4, -0.2) is 20.5 Å². The summed E-state index contributed by atoms with van der Waals surface area (Å²) in [5.41, 5.74) is 3.49. The molecule has 0 aliphatic carbocycles. The third-order valence-corrected chi connectivity index (χ3v) is 2.27. The fraction of sp³-hybridized carbons (Fsp3) is 0.385. The third kappa shape index (κ3) is 3.50. The van der Waals surface area contributed by atoms with Crippen LogP contribution in [0.15, 0.2) is 29.8 Å². The molecule has 0 amide bonds. The van der Waals surface area contributed by atoms with E-state index in [1.54, 1.807) is 14.2 Å². The molecule has 0 N–H and O–H groups in total. The molecule has 0 aromatic heterocycles. The van der Waals surface area contributed by atoms with E-state index in [9.17, 15) is 0 Å². The van der Waals surface area contributed by atoms with E-state index in [1.165, 1.54) is 5.56 Å². The van der Waals surface area contributed by atoms with Crippen molar-refractivity contribution in [3.63, 3.8) is 0 Å². The molecule has 1 aromatic carbocycles. The van der Waals surface area contributed by atoms with Crippen molar-refractivity contribution in [2.75, 3.05) is 14.2 Å². The van der Waals surface area contributed by atoms with E-state index in [0.717, 1.165) is 11.1 Å². The van der Waals surface area contributed by atoms with Crippen LogP contribution in [0.5, 0.6) is 0 Å². The molecule has 0 bridgehead atoms. The maximum absolute atomic E-state index is 5.17. The molecule has 0 saturated heterocycles. The van der Waals surface area contributed by atoms with Gasteiger partial charge >= 0.3 is 0 Å². The summed E-state index contributed by atoms with van der Waals surface area (Å²) in [6.45, 7) is 4.07. The quantitative estimate of drug-likeness (QED) is 0.705. The standard InChI is InChI=1S/C13H18O2/c1-10-5-7-12(8-6-10)9-11(2)13(14-3)15-4/h5-9,13H,1-4H3/b11-9+. The highest BCUT2D eigenvalue weighted by atomic mass is 16.7. The molecule has 0 saturated carbocycles. The van der Waals surface area contributed by atoms with Gasteiger partial charge in [0.15, 0.2) is 6.29 Å². The van der Waals surface area contributed by atoms with Gasteiger partial charge in [-0.2, -0.15) is 0 Å². The van der Waals surface area contributed by atoms with E-state index in [4.69, 9.17) is 9.47 Å². The zero-order valence-electron chi connectivity index (χ0n) is 9.78. The minimum Gasteiger partial charge on any atom is -0.352 e. The van der Waals surface area contributed by atoms with Crippen molar-refractivity contribution in [1.82, 2.24) is 0 Å². The Morgan fingerprint density at radius 2 is 1.67 bits per heavy atom. The summed E-state index contributed by atoms with van der Waals surface area (Å²) < 4.78 is 10.3. The van der Waals surface area contributed by atoms with E-state index in [0.29, 0.717) is 0 Å². The molecule has 0 unspecified atom stereocenters. The summed E-state index contributed by atoms with van der Waals surface area (Å²) in [7, 11) is 3.28. The van der Waals surface area contributed by atoms with Crippen molar-refractivity contribution < 1.29 is 9.47 Å². The zero-order valence-corrected chi connectivity index (χ0v) is 9.78. The number of ether oxygens (including phenoxy) is 2. The van der Waals surface area contributed by atoms with Crippen LogP contribution < -0.4 is 0 Å². The fourth-order valence-corrected chi connectivity index (χ4v) is 1.46. The Morgan fingerprint density at radius 1 is 1.13 bits per heavy atom. The van der Waals surface area contributed by atoms with Crippen LogP contribution in [0, 0.1) is 6.92 Å². The van der Waals surface area contributed by atoms with Crippen molar-refractivity contribution in [3.05, 3.63) is 41.0 Å². The molecule has 1 aromatic rings. The van der Waals surface area contributed by atoms with Crippen molar-refractivity contribution in [2.24, 2.45) is 0 Å². The maximum Gasteiger partial charge on any atom is 0.179 e. The summed E-state index contributed by atoms with van der Waals surface area (Å²) in [6, 6.07) is 8.35. The van der Waals surface area contributed by atoms with Gasteiger partial charge in [0.25, 0.3) is 0 Å². The second-order valence-electron chi connectivity index (χ2n) is 3.60. The molecule has 1 rings (SSSR count). The van der Waals surface area contributed by atoms with Gasteiger partial charge in [0, 0.05) is 14.2 Å². The van der Waals surface area contributed by atoms with E-state index >= 15 is 0 Å². The predicted octanol–water partition coefficient (Wildman–Crippen LogP) is 3.02. The van der Waals surface area contributed by atoms with Gasteiger partial charge in [-0.1, -0.05) is 35.9 Å². The Kier molecular flexibility index (Phi) is 4.53. The molecule has 0 aliphatic heterocycles. The number of benzene rings is 1. The summed E-state index contributed by atoms with van der Waals surface area (Å²) in [5.74, 6) is 0. The van der Waals surface area contributed by atoms with E-state index in [-0.39, 0.29) is 6.29 Å². The van der Waals surface area contributed by atoms with Crippen LogP contribution >= 0.6 is 0 Å². The lowest BCUT2D eigenvalue weighted by molar-refractivity contribution is -0.0740. The molecule has 0 atom stereocenters. The van der Waals surface area contributed by atoms with Gasteiger partial charge in [0.2, 0.25) is 0 Å². The average molecular weight is 206 g/mol. The molecule has 0 radical (unpaired) electrons. The Morgan fingerprint density at radius 3 is 2.13 bits per heavy atom. The van der Waals surface area contributed by atoms with E-state index in [2.05, 4.69) is 37.3 Å². The molecule has 0 spiro atoms. The fourth-order valence-electron chi connectivity index (χ4n) is 1.46. The number of rotatable bonds is 4. The maximum atomic E-state index is 5.17. The van der Waals surface area contributed by atoms with Crippen LogP contribution in [0.1, 0.15) is 18.1 Å². The average Bonchev–Trinajstić information content (AvgIpc) is 2.23. The molecule has 82 valence electrons. The lowest BCUT2D eigenvalue weighted by Gasteiger charge is -2.13. The smallest absolute Gasteiger partial charge is 0.179 e. The monoisotopic (exact) mass is 206 g/mol. The molecule has 2 nitrogen and oxygen atoms in total. The first-order valence-electron chi connectivity index (χ1n) is 4.98. The topological polar surface area (TPSA) is 18.5 Å². The minimum atomic E-state index is -0.258. The van der Waals surface area contributed by atoms with Crippen LogP contribution in [0.2, 0.25) is 0 Å². The molecular formula is C13H18O2. The zero-order chi connectivity index (χ0) is 11.3. The number of hydrogen-bond acceptors (Lipinski definition) is 2. The second kappa shape index (κ2) is 5.69. The lowest BCUT2D eigenvalue weighted by Crippen LogP contribution is -2.13. The van der Waals surface area contributed by atoms with Gasteiger partial charge in [-0.05, 0) is 25.0 Å². The van der Waals surface area contributed by atoms with Gasteiger partial charge in [-0.15, -0.1) is 0 Å². The second-order valence-corrected chi connectivity index (χ2v) is 3.60. The highest BCUT2D eigenvalue weighted by Crippen LogP contribution is 2.12. The van der Waals surface area contributed by atoms with Gasteiger partial charge in [-0.3, -0.25) is 0 Å². The molecule has 15 heavy (non-hydrogen) atoms. The first-order valence-corrected chi connectivity index (χ1v) is 4.98. The van der Waals surface area contributed by atoms with Crippen molar-refractivity contribution in [2.45, 2.75) is 20.1 Å². The van der Waals surface area contributed by atoms with Gasteiger partial charge < -0.3 is 9.47 Å². The SMILES string of the molecule is COC(OC)/C(C)=C/c1ccc(C)cc1. The van der Waals surface area contributed by atoms with Crippen LogP contribution in [0.4, 0.5) is 0 Å².